The summed E-state index contributed by atoms with van der Waals surface area (Å²) in [6, 6.07) is 6.34. The summed E-state index contributed by atoms with van der Waals surface area (Å²) in [5.74, 6) is -1.22. The quantitative estimate of drug-likeness (QED) is 0.360. The van der Waals surface area contributed by atoms with Crippen LogP contribution in [0.5, 0.6) is 5.75 Å². The number of benzene rings is 1. The molecule has 5 rings (SSSR count). The topological polar surface area (TPSA) is 106 Å². The first-order valence-electron chi connectivity index (χ1n) is 13.9. The van der Waals surface area contributed by atoms with Crippen LogP contribution >= 0.6 is 0 Å². The van der Waals surface area contributed by atoms with Crippen LogP contribution in [0, 0.1) is 17.8 Å². The van der Waals surface area contributed by atoms with E-state index in [0.29, 0.717) is 43.5 Å². The van der Waals surface area contributed by atoms with Crippen molar-refractivity contribution >= 4 is 23.4 Å². The lowest BCUT2D eigenvalue weighted by molar-refractivity contribution is -0.141. The van der Waals surface area contributed by atoms with Crippen LogP contribution in [0.15, 0.2) is 36.4 Å². The van der Waals surface area contributed by atoms with E-state index in [9.17, 15) is 14.4 Å². The molecule has 9 heteroatoms. The summed E-state index contributed by atoms with van der Waals surface area (Å²) in [5, 5.41) is 6.20. The number of hydrogen-bond donors (Lipinski definition) is 2. The van der Waals surface area contributed by atoms with Crippen molar-refractivity contribution in [3.8, 4) is 5.75 Å². The predicted molar refractivity (Wildman–Crippen MR) is 142 cm³/mol. The third-order valence-corrected chi connectivity index (χ3v) is 8.59. The number of carbonyl (C=O) groups excluding carboxylic acids is 3. The zero-order chi connectivity index (χ0) is 26.9. The fraction of sp³-hybridized carbons (Fsp3) is 0.621. The first-order chi connectivity index (χ1) is 18.4. The molecule has 3 amide bonds. The second-order valence-electron chi connectivity index (χ2n) is 10.9. The highest BCUT2D eigenvalue weighted by molar-refractivity contribution is 6.02. The van der Waals surface area contributed by atoms with E-state index in [1.807, 2.05) is 19.1 Å². The van der Waals surface area contributed by atoms with E-state index in [4.69, 9.17) is 14.2 Å². The number of amides is 3. The van der Waals surface area contributed by atoms with Crippen molar-refractivity contribution in [2.45, 2.75) is 69.7 Å². The third kappa shape index (κ3) is 4.71. The zero-order valence-corrected chi connectivity index (χ0v) is 22.5. The molecular weight excluding hydrogens is 486 g/mol. The molecule has 0 aromatic heterocycles. The van der Waals surface area contributed by atoms with E-state index >= 15 is 0 Å². The molecule has 206 valence electrons. The molecule has 1 spiro atoms. The number of fused-ring (bicyclic) bond motifs is 1. The van der Waals surface area contributed by atoms with E-state index in [2.05, 4.69) is 17.6 Å². The molecule has 3 aliphatic heterocycles. The Bertz CT molecular complexity index is 1090. The lowest BCUT2D eigenvalue weighted by Crippen LogP contribution is -2.57. The van der Waals surface area contributed by atoms with Gasteiger partial charge in [-0.05, 0) is 44.2 Å². The summed E-state index contributed by atoms with van der Waals surface area (Å²) in [6.45, 7) is 5.53. The SMILES string of the molecule is CCOCCCN1C(=O)[C@H]2[C@H](C(=O)Nc3cccc(OC)c3)[C@H]3C=C[C@@]2(O3)[C@@H]1C(=O)N[C@H]1CCCC[C@@H]1C. The fourth-order valence-corrected chi connectivity index (χ4v) is 6.71. The molecule has 9 nitrogen and oxygen atoms in total. The van der Waals surface area contributed by atoms with Crippen molar-refractivity contribution in [1.82, 2.24) is 10.2 Å². The Kier molecular flexibility index (Phi) is 7.77. The van der Waals surface area contributed by atoms with Gasteiger partial charge in [-0.1, -0.05) is 38.0 Å². The molecule has 4 aliphatic rings. The third-order valence-electron chi connectivity index (χ3n) is 8.59. The first kappa shape index (κ1) is 26.7. The highest BCUT2D eigenvalue weighted by atomic mass is 16.5. The van der Waals surface area contributed by atoms with E-state index in [-0.39, 0.29) is 23.8 Å². The number of nitrogens with one attached hydrogen (secondary N) is 2. The molecule has 3 fully saturated rings. The van der Waals surface area contributed by atoms with E-state index in [1.165, 1.54) is 6.42 Å². The Morgan fingerprint density at radius 1 is 1.21 bits per heavy atom. The van der Waals surface area contributed by atoms with Gasteiger partial charge in [-0.15, -0.1) is 0 Å². The van der Waals surface area contributed by atoms with Crippen molar-refractivity contribution in [2.24, 2.45) is 17.8 Å². The number of rotatable bonds is 10. The van der Waals surface area contributed by atoms with Gasteiger partial charge in [0.1, 0.15) is 17.4 Å². The maximum atomic E-state index is 14.0. The predicted octanol–water partition coefficient (Wildman–Crippen LogP) is 2.91. The monoisotopic (exact) mass is 525 g/mol. The molecule has 0 radical (unpaired) electrons. The summed E-state index contributed by atoms with van der Waals surface area (Å²) >= 11 is 0. The van der Waals surface area contributed by atoms with Crippen molar-refractivity contribution in [3.63, 3.8) is 0 Å². The van der Waals surface area contributed by atoms with Gasteiger partial charge in [0, 0.05) is 37.6 Å². The second-order valence-corrected chi connectivity index (χ2v) is 10.9. The number of methoxy groups -OCH3 is 1. The number of anilines is 1. The highest BCUT2D eigenvalue weighted by Gasteiger charge is 2.72. The molecular formula is C29H39N3O6. The molecule has 2 bridgehead atoms. The molecule has 38 heavy (non-hydrogen) atoms. The Hall–Kier alpha value is -2.91. The molecule has 0 unspecified atom stereocenters. The van der Waals surface area contributed by atoms with Crippen molar-refractivity contribution in [3.05, 3.63) is 36.4 Å². The van der Waals surface area contributed by atoms with Crippen LogP contribution in [0.1, 0.15) is 46.0 Å². The molecule has 2 N–H and O–H groups in total. The van der Waals surface area contributed by atoms with Crippen LogP contribution in [0.2, 0.25) is 0 Å². The van der Waals surface area contributed by atoms with Gasteiger partial charge in [-0.2, -0.15) is 0 Å². The largest absolute Gasteiger partial charge is 0.497 e. The van der Waals surface area contributed by atoms with E-state index in [1.54, 1.807) is 36.3 Å². The number of likely N-dealkylation sites (tertiary alicyclic amines) is 1. The summed E-state index contributed by atoms with van der Waals surface area (Å²) in [5.41, 5.74) is -0.583. The second kappa shape index (κ2) is 11.1. The van der Waals surface area contributed by atoms with Gasteiger partial charge in [-0.3, -0.25) is 14.4 Å². The average Bonchev–Trinajstić information content (AvgIpc) is 3.55. The normalized spacial score (nSPS) is 33.3. The molecule has 1 aromatic rings. The molecule has 2 saturated heterocycles. The van der Waals surface area contributed by atoms with Gasteiger partial charge in [-0.25, -0.2) is 0 Å². The summed E-state index contributed by atoms with van der Waals surface area (Å²) in [6.07, 6.45) is 7.98. The minimum absolute atomic E-state index is 0.0711. The van der Waals surface area contributed by atoms with Crippen LogP contribution in [0.3, 0.4) is 0 Å². The maximum absolute atomic E-state index is 14.0. The molecule has 3 heterocycles. The van der Waals surface area contributed by atoms with E-state index in [0.717, 1.165) is 19.3 Å². The number of hydrogen-bond acceptors (Lipinski definition) is 6. The van der Waals surface area contributed by atoms with Crippen LogP contribution in [0.25, 0.3) is 0 Å². The standard InChI is InChI=1S/C29H39N3O6/c1-4-37-16-8-15-32-25(27(34)31-21-12-6-5-9-18(21)2)29-14-13-22(38-29)23(24(29)28(32)35)26(33)30-19-10-7-11-20(17-19)36-3/h7,10-11,13-14,17-18,21-25H,4-6,8-9,12,15-16H2,1-3H3,(H,30,33)(H,31,34)/t18-,21-,22+,23+,24+,25-,29-/m0/s1. The lowest BCUT2D eigenvalue weighted by atomic mass is 9.74. The van der Waals surface area contributed by atoms with Crippen molar-refractivity contribution in [1.29, 1.82) is 0 Å². The van der Waals surface area contributed by atoms with E-state index < -0.39 is 29.6 Å². The summed E-state index contributed by atoms with van der Waals surface area (Å²) < 4.78 is 17.2. The van der Waals surface area contributed by atoms with Gasteiger partial charge < -0.3 is 29.7 Å². The summed E-state index contributed by atoms with van der Waals surface area (Å²) in [4.78, 5) is 43.1. The average molecular weight is 526 g/mol. The first-order valence-corrected chi connectivity index (χ1v) is 13.9. The van der Waals surface area contributed by atoms with Crippen LogP contribution in [-0.2, 0) is 23.9 Å². The smallest absolute Gasteiger partial charge is 0.246 e. The Balaban J connectivity index is 1.41. The fourth-order valence-electron chi connectivity index (χ4n) is 6.71. The van der Waals surface area contributed by atoms with Crippen molar-refractivity contribution in [2.75, 3.05) is 32.2 Å². The van der Waals surface area contributed by atoms with Gasteiger partial charge in [0.15, 0.2) is 0 Å². The minimum atomic E-state index is -1.16. The highest BCUT2D eigenvalue weighted by Crippen LogP contribution is 2.55. The Labute approximate surface area is 224 Å². The zero-order valence-electron chi connectivity index (χ0n) is 22.5. The number of carbonyl (C=O) groups is 3. The van der Waals surface area contributed by atoms with Gasteiger partial charge in [0.2, 0.25) is 17.7 Å². The van der Waals surface area contributed by atoms with Gasteiger partial charge >= 0.3 is 0 Å². The van der Waals surface area contributed by atoms with Crippen molar-refractivity contribution < 1.29 is 28.6 Å². The van der Waals surface area contributed by atoms with Crippen LogP contribution in [0.4, 0.5) is 5.69 Å². The van der Waals surface area contributed by atoms with Crippen LogP contribution in [-0.4, -0.2) is 73.3 Å². The number of nitrogens with zero attached hydrogens (tertiary/aromatic N) is 1. The Morgan fingerprint density at radius 3 is 2.79 bits per heavy atom. The number of ether oxygens (including phenoxy) is 3. The molecule has 1 aliphatic carbocycles. The van der Waals surface area contributed by atoms with Gasteiger partial charge in [0.05, 0.1) is 25.0 Å². The van der Waals surface area contributed by atoms with Gasteiger partial charge in [0.25, 0.3) is 0 Å². The Morgan fingerprint density at radius 2 is 2.03 bits per heavy atom. The molecule has 7 atom stereocenters. The molecule has 1 aromatic carbocycles. The summed E-state index contributed by atoms with van der Waals surface area (Å²) in [7, 11) is 1.57. The lowest BCUT2D eigenvalue weighted by Gasteiger charge is -2.36. The van der Waals surface area contributed by atoms with Crippen LogP contribution < -0.4 is 15.4 Å². The molecule has 1 saturated carbocycles. The maximum Gasteiger partial charge on any atom is 0.246 e. The minimum Gasteiger partial charge on any atom is -0.497 e.